The molecule has 1 aromatic heterocycles. The number of hydrogen-bond acceptors (Lipinski definition) is 9. The summed E-state index contributed by atoms with van der Waals surface area (Å²) < 4.78 is 16.0. The largest absolute Gasteiger partial charge is 0.464 e. The number of carbonyl (C=O) groups excluding carboxylic acids is 1. The zero-order chi connectivity index (χ0) is 21.3. The Kier molecular flexibility index (Phi) is 6.53. The normalized spacial score (nSPS) is 10.6. The smallest absolute Gasteiger partial charge is 0.355 e. The van der Waals surface area contributed by atoms with E-state index in [0.29, 0.717) is 17.1 Å². The number of rotatable bonds is 7. The topological polar surface area (TPSA) is 116 Å². The molecule has 0 radical (unpaired) electrons. The van der Waals surface area contributed by atoms with Crippen molar-refractivity contribution in [1.82, 2.24) is 9.97 Å². The first kappa shape index (κ1) is 20.3. The van der Waals surface area contributed by atoms with Gasteiger partial charge < -0.3 is 19.0 Å². The summed E-state index contributed by atoms with van der Waals surface area (Å²) in [6.07, 6.45) is 1.27. The lowest BCUT2D eigenvalue weighted by molar-refractivity contribution is -0.132. The number of carbonyl (C=O) groups is 1. The number of hydrogen-bond donors (Lipinski definition) is 0. The highest BCUT2D eigenvalue weighted by molar-refractivity contribution is 6.35. The molecule has 0 fully saturated rings. The van der Waals surface area contributed by atoms with Crippen LogP contribution in [-0.4, -0.2) is 28.8 Å². The summed E-state index contributed by atoms with van der Waals surface area (Å²) in [6, 6.07) is 17.0. The Bertz CT molecular complexity index is 1120. The van der Waals surface area contributed by atoms with Crippen molar-refractivity contribution in [2.75, 3.05) is 7.11 Å². The van der Waals surface area contributed by atoms with Gasteiger partial charge in [0.2, 0.25) is 11.8 Å². The summed E-state index contributed by atoms with van der Waals surface area (Å²) in [5.41, 5.74) is 0.414. The average molecular weight is 404 g/mol. The predicted molar refractivity (Wildman–Crippen MR) is 106 cm³/mol. The summed E-state index contributed by atoms with van der Waals surface area (Å²) in [6.45, 7) is 1.46. The Morgan fingerprint density at radius 2 is 1.57 bits per heavy atom. The van der Waals surface area contributed by atoms with E-state index in [4.69, 9.17) is 14.3 Å². The van der Waals surface area contributed by atoms with Crippen molar-refractivity contribution >= 4 is 11.7 Å². The number of para-hydroxylation sites is 3. The van der Waals surface area contributed by atoms with Crippen molar-refractivity contribution in [3.05, 3.63) is 66.5 Å². The van der Waals surface area contributed by atoms with E-state index in [-0.39, 0.29) is 23.2 Å². The van der Waals surface area contributed by atoms with E-state index in [1.165, 1.54) is 26.4 Å². The highest BCUT2D eigenvalue weighted by Gasteiger charge is 2.11. The maximum atomic E-state index is 11.4. The number of benzene rings is 2. The van der Waals surface area contributed by atoms with Crippen molar-refractivity contribution in [3.63, 3.8) is 0 Å². The molecule has 30 heavy (non-hydrogen) atoms. The van der Waals surface area contributed by atoms with Gasteiger partial charge in [0.05, 0.1) is 18.7 Å². The molecule has 0 aliphatic carbocycles. The van der Waals surface area contributed by atoms with Crippen LogP contribution >= 0.6 is 0 Å². The highest BCUT2D eigenvalue weighted by atomic mass is 16.6. The monoisotopic (exact) mass is 404 g/mol. The lowest BCUT2D eigenvalue weighted by Crippen LogP contribution is -2.12. The fourth-order valence-corrected chi connectivity index (χ4v) is 2.22. The number of esters is 1. The number of nitrogens with zero attached hydrogens (tertiary/aromatic N) is 4. The number of methoxy groups -OCH3 is 1. The predicted octanol–water partition coefficient (Wildman–Crippen LogP) is 3.86. The third kappa shape index (κ3) is 5.08. The van der Waals surface area contributed by atoms with Gasteiger partial charge in [0, 0.05) is 0 Å². The summed E-state index contributed by atoms with van der Waals surface area (Å²) >= 11 is 0. The number of aromatic nitrogens is 2. The molecule has 9 nitrogen and oxygen atoms in total. The van der Waals surface area contributed by atoms with E-state index >= 15 is 0 Å². The molecule has 0 spiro atoms. The summed E-state index contributed by atoms with van der Waals surface area (Å²) in [4.78, 5) is 24.8. The Hall–Kier alpha value is -4.45. The van der Waals surface area contributed by atoms with Gasteiger partial charge in [-0.2, -0.15) is 5.26 Å². The fourth-order valence-electron chi connectivity index (χ4n) is 2.22. The molecule has 0 unspecified atom stereocenters. The van der Waals surface area contributed by atoms with Gasteiger partial charge in [-0.15, -0.1) is 0 Å². The maximum Gasteiger partial charge on any atom is 0.355 e. The van der Waals surface area contributed by atoms with Crippen LogP contribution < -0.4 is 14.3 Å². The van der Waals surface area contributed by atoms with Crippen LogP contribution in [0.2, 0.25) is 0 Å². The third-order valence-electron chi connectivity index (χ3n) is 3.66. The van der Waals surface area contributed by atoms with E-state index in [2.05, 4.69) is 25.9 Å². The van der Waals surface area contributed by atoms with Gasteiger partial charge in [-0.1, -0.05) is 29.4 Å². The quantitative estimate of drug-likeness (QED) is 0.331. The molecule has 0 aliphatic heterocycles. The van der Waals surface area contributed by atoms with Crippen LogP contribution in [0, 0.1) is 11.3 Å². The van der Waals surface area contributed by atoms with Crippen molar-refractivity contribution in [1.29, 1.82) is 5.26 Å². The maximum absolute atomic E-state index is 11.4. The van der Waals surface area contributed by atoms with Crippen molar-refractivity contribution < 1.29 is 23.8 Å². The SMILES string of the molecule is COC(=O)/C(C)=N/Oc1ccccc1Oc1cc(Oc2ccccc2C#N)ncn1. The van der Waals surface area contributed by atoms with Crippen LogP contribution in [0.4, 0.5) is 0 Å². The van der Waals surface area contributed by atoms with Gasteiger partial charge in [-0.05, 0) is 31.2 Å². The molecule has 3 aromatic rings. The van der Waals surface area contributed by atoms with Crippen LogP contribution in [0.5, 0.6) is 29.0 Å². The zero-order valence-corrected chi connectivity index (χ0v) is 16.1. The van der Waals surface area contributed by atoms with E-state index in [1.54, 1.807) is 48.5 Å². The number of nitriles is 1. The molecule has 1 heterocycles. The Morgan fingerprint density at radius 3 is 2.23 bits per heavy atom. The van der Waals surface area contributed by atoms with E-state index in [0.717, 1.165) is 0 Å². The molecule has 0 bridgehead atoms. The van der Waals surface area contributed by atoms with E-state index in [9.17, 15) is 10.1 Å². The van der Waals surface area contributed by atoms with Crippen molar-refractivity contribution in [3.8, 4) is 35.1 Å². The lowest BCUT2D eigenvalue weighted by atomic mass is 10.2. The van der Waals surface area contributed by atoms with E-state index in [1.807, 2.05) is 0 Å². The molecular formula is C21H16N4O5. The van der Waals surface area contributed by atoms with Gasteiger partial charge in [0.25, 0.3) is 0 Å². The molecule has 0 N–H and O–H groups in total. The van der Waals surface area contributed by atoms with Gasteiger partial charge >= 0.3 is 5.97 Å². The molecule has 0 saturated carbocycles. The molecule has 150 valence electrons. The second-order valence-corrected chi connectivity index (χ2v) is 5.71. The van der Waals surface area contributed by atoms with Gasteiger partial charge in [-0.3, -0.25) is 0 Å². The van der Waals surface area contributed by atoms with Crippen molar-refractivity contribution in [2.45, 2.75) is 6.92 Å². The minimum absolute atomic E-state index is 0.0428. The lowest BCUT2D eigenvalue weighted by Gasteiger charge is -2.10. The Morgan fingerprint density at radius 1 is 0.967 bits per heavy atom. The molecule has 0 saturated heterocycles. The number of oxime groups is 1. The Labute approximate surface area is 172 Å². The first-order valence-electron chi connectivity index (χ1n) is 8.66. The molecule has 3 rings (SSSR count). The molecule has 9 heteroatoms. The van der Waals surface area contributed by atoms with Crippen LogP contribution in [0.15, 0.2) is 66.1 Å². The number of ether oxygens (including phenoxy) is 3. The minimum Gasteiger partial charge on any atom is -0.464 e. The fraction of sp³-hybridized carbons (Fsp3) is 0.0952. The van der Waals surface area contributed by atoms with Gasteiger partial charge in [0.15, 0.2) is 17.2 Å². The van der Waals surface area contributed by atoms with Gasteiger partial charge in [0.1, 0.15) is 18.1 Å². The van der Waals surface area contributed by atoms with Crippen LogP contribution in [0.25, 0.3) is 0 Å². The average Bonchev–Trinajstić information content (AvgIpc) is 2.78. The standard InChI is InChI=1S/C21H16N4O5/c1-14(21(26)27-2)25-30-18-10-6-5-9-17(18)29-20-11-19(23-13-24-20)28-16-8-4-3-7-15(16)12-22/h3-11,13H,1-2H3/b25-14+. The molecule has 0 amide bonds. The molecule has 2 aromatic carbocycles. The van der Waals surface area contributed by atoms with Crippen LogP contribution in [0.3, 0.4) is 0 Å². The third-order valence-corrected chi connectivity index (χ3v) is 3.66. The highest BCUT2D eigenvalue weighted by Crippen LogP contribution is 2.32. The zero-order valence-electron chi connectivity index (χ0n) is 16.1. The summed E-state index contributed by atoms with van der Waals surface area (Å²) in [5, 5.41) is 12.9. The summed E-state index contributed by atoms with van der Waals surface area (Å²) in [7, 11) is 1.25. The second-order valence-electron chi connectivity index (χ2n) is 5.71. The van der Waals surface area contributed by atoms with Crippen LogP contribution in [0.1, 0.15) is 12.5 Å². The minimum atomic E-state index is -0.608. The molecular weight excluding hydrogens is 388 g/mol. The van der Waals surface area contributed by atoms with Crippen LogP contribution in [-0.2, 0) is 9.53 Å². The first-order chi connectivity index (χ1) is 14.6. The second kappa shape index (κ2) is 9.66. The first-order valence-corrected chi connectivity index (χ1v) is 8.66. The van der Waals surface area contributed by atoms with Crippen molar-refractivity contribution in [2.24, 2.45) is 5.16 Å². The Balaban J connectivity index is 1.79. The summed E-state index contributed by atoms with van der Waals surface area (Å²) in [5.74, 6) is 0.696. The van der Waals surface area contributed by atoms with Gasteiger partial charge in [-0.25, -0.2) is 14.8 Å². The van der Waals surface area contributed by atoms with E-state index < -0.39 is 5.97 Å². The molecule has 0 aliphatic rings. The molecule has 0 atom stereocenters.